The highest BCUT2D eigenvalue weighted by Crippen LogP contribution is 2.21. The largest absolute Gasteiger partial charge is 0.472 e. The number of rotatable bonds is 4. The number of ether oxygens (including phenoxy) is 1. The van der Waals surface area contributed by atoms with Crippen molar-refractivity contribution in [1.29, 1.82) is 0 Å². The Morgan fingerprint density at radius 2 is 2.29 bits per heavy atom. The lowest BCUT2D eigenvalue weighted by Crippen LogP contribution is -2.42. The van der Waals surface area contributed by atoms with Crippen LogP contribution in [0.3, 0.4) is 0 Å². The van der Waals surface area contributed by atoms with Crippen molar-refractivity contribution < 1.29 is 4.74 Å². The van der Waals surface area contributed by atoms with Crippen LogP contribution >= 0.6 is 24.0 Å². The quantitative estimate of drug-likeness (QED) is 0.477. The zero-order valence-corrected chi connectivity index (χ0v) is 14.7. The minimum absolute atomic E-state index is 0. The van der Waals surface area contributed by atoms with E-state index in [2.05, 4.69) is 27.1 Å². The Bertz CT molecular complexity index is 464. The molecule has 1 unspecified atom stereocenters. The number of nitrogens with one attached hydrogen (secondary N) is 1. The predicted octanol–water partition coefficient (Wildman–Crippen LogP) is 2.28. The van der Waals surface area contributed by atoms with E-state index in [-0.39, 0.29) is 30.1 Å². The fourth-order valence-corrected chi connectivity index (χ4v) is 2.40. The fraction of sp³-hybridized carbons (Fsp3) is 0.600. The average molecular weight is 402 g/mol. The number of halogens is 1. The van der Waals surface area contributed by atoms with Crippen molar-refractivity contribution in [3.8, 4) is 5.88 Å². The summed E-state index contributed by atoms with van der Waals surface area (Å²) in [5.74, 6) is 1.76. The number of aliphatic imine (C=N–C) groups is 1. The number of nitrogens with zero attached hydrogens (tertiary/aromatic N) is 3. The Hall–Kier alpha value is -1.05. The monoisotopic (exact) mass is 402 g/mol. The van der Waals surface area contributed by atoms with Crippen LogP contribution in [0.15, 0.2) is 29.4 Å². The van der Waals surface area contributed by atoms with Gasteiger partial charge in [0, 0.05) is 37.8 Å². The summed E-state index contributed by atoms with van der Waals surface area (Å²) in [5, 5.41) is 3.52. The SMILES string of the molecule is CCN=C(NC1CC1)N1CCC(Oc2ccccn2)C1.I. The maximum absolute atomic E-state index is 5.92. The highest BCUT2D eigenvalue weighted by molar-refractivity contribution is 14.0. The molecule has 0 radical (unpaired) electrons. The molecule has 6 heteroatoms. The number of guanidine groups is 1. The molecule has 21 heavy (non-hydrogen) atoms. The van der Waals surface area contributed by atoms with E-state index in [1.54, 1.807) is 6.20 Å². The van der Waals surface area contributed by atoms with Gasteiger partial charge in [-0.05, 0) is 25.8 Å². The van der Waals surface area contributed by atoms with Gasteiger partial charge in [-0.25, -0.2) is 4.98 Å². The molecule has 2 heterocycles. The van der Waals surface area contributed by atoms with Crippen LogP contribution < -0.4 is 10.1 Å². The molecule has 1 aliphatic carbocycles. The molecule has 0 aromatic carbocycles. The van der Waals surface area contributed by atoms with Crippen LogP contribution in [0.25, 0.3) is 0 Å². The molecule has 5 nitrogen and oxygen atoms in total. The van der Waals surface area contributed by atoms with E-state index in [1.807, 2.05) is 18.2 Å². The van der Waals surface area contributed by atoms with Crippen molar-refractivity contribution >= 4 is 29.9 Å². The summed E-state index contributed by atoms with van der Waals surface area (Å²) < 4.78 is 5.92. The number of hydrogen-bond donors (Lipinski definition) is 1. The van der Waals surface area contributed by atoms with Crippen molar-refractivity contribution in [3.05, 3.63) is 24.4 Å². The number of aromatic nitrogens is 1. The molecular formula is C15H23IN4O. The maximum Gasteiger partial charge on any atom is 0.213 e. The maximum atomic E-state index is 5.92. The van der Waals surface area contributed by atoms with Crippen molar-refractivity contribution in [1.82, 2.24) is 15.2 Å². The van der Waals surface area contributed by atoms with Crippen LogP contribution in [0.5, 0.6) is 5.88 Å². The lowest BCUT2D eigenvalue weighted by atomic mass is 10.3. The second kappa shape index (κ2) is 7.82. The van der Waals surface area contributed by atoms with Crippen LogP contribution in [0.1, 0.15) is 26.2 Å². The van der Waals surface area contributed by atoms with Crippen LogP contribution in [0.4, 0.5) is 0 Å². The number of pyridine rings is 1. The number of likely N-dealkylation sites (tertiary alicyclic amines) is 1. The van der Waals surface area contributed by atoms with Crippen LogP contribution in [0, 0.1) is 0 Å². The molecule has 1 atom stereocenters. The molecule has 1 N–H and O–H groups in total. The number of hydrogen-bond acceptors (Lipinski definition) is 3. The molecule has 0 spiro atoms. The van der Waals surface area contributed by atoms with E-state index in [4.69, 9.17) is 4.74 Å². The summed E-state index contributed by atoms with van der Waals surface area (Å²) in [7, 11) is 0. The Kier molecular flexibility index (Phi) is 6.08. The Balaban J connectivity index is 0.00000161. The van der Waals surface area contributed by atoms with Gasteiger partial charge in [0.1, 0.15) is 6.10 Å². The topological polar surface area (TPSA) is 49.8 Å². The van der Waals surface area contributed by atoms with E-state index in [0.717, 1.165) is 32.0 Å². The molecule has 116 valence electrons. The van der Waals surface area contributed by atoms with Crippen LogP contribution in [-0.2, 0) is 0 Å². The highest BCUT2D eigenvalue weighted by atomic mass is 127. The van der Waals surface area contributed by atoms with Gasteiger partial charge in [-0.2, -0.15) is 0 Å². The lowest BCUT2D eigenvalue weighted by Gasteiger charge is -2.21. The first-order valence-electron chi connectivity index (χ1n) is 7.48. The first kappa shape index (κ1) is 16.3. The second-order valence-corrected chi connectivity index (χ2v) is 5.36. The lowest BCUT2D eigenvalue weighted by molar-refractivity contribution is 0.205. The molecule has 2 fully saturated rings. The van der Waals surface area contributed by atoms with E-state index in [0.29, 0.717) is 11.9 Å². The van der Waals surface area contributed by atoms with Crippen LogP contribution in [0.2, 0.25) is 0 Å². The first-order valence-corrected chi connectivity index (χ1v) is 7.48. The van der Waals surface area contributed by atoms with Crippen molar-refractivity contribution in [3.63, 3.8) is 0 Å². The summed E-state index contributed by atoms with van der Waals surface area (Å²) in [4.78, 5) is 11.1. The summed E-state index contributed by atoms with van der Waals surface area (Å²) >= 11 is 0. The normalized spacial score (nSPS) is 21.9. The zero-order chi connectivity index (χ0) is 13.8. The third-order valence-electron chi connectivity index (χ3n) is 3.59. The van der Waals surface area contributed by atoms with E-state index >= 15 is 0 Å². The second-order valence-electron chi connectivity index (χ2n) is 5.36. The van der Waals surface area contributed by atoms with E-state index in [1.165, 1.54) is 12.8 Å². The molecule has 1 aromatic heterocycles. The molecule has 3 rings (SSSR count). The summed E-state index contributed by atoms with van der Waals surface area (Å²) in [6.07, 6.45) is 5.52. The Morgan fingerprint density at radius 1 is 1.43 bits per heavy atom. The van der Waals surface area contributed by atoms with Gasteiger partial charge < -0.3 is 15.0 Å². The molecule has 0 amide bonds. The molecular weight excluding hydrogens is 379 g/mol. The minimum Gasteiger partial charge on any atom is -0.472 e. The van der Waals surface area contributed by atoms with E-state index in [9.17, 15) is 0 Å². The van der Waals surface area contributed by atoms with Gasteiger partial charge in [0.05, 0.1) is 6.54 Å². The summed E-state index contributed by atoms with van der Waals surface area (Å²) in [5.41, 5.74) is 0. The summed E-state index contributed by atoms with van der Waals surface area (Å²) in [6.45, 7) is 4.77. The zero-order valence-electron chi connectivity index (χ0n) is 12.4. The Morgan fingerprint density at radius 3 is 2.95 bits per heavy atom. The van der Waals surface area contributed by atoms with Crippen LogP contribution in [-0.4, -0.2) is 47.6 Å². The average Bonchev–Trinajstić information content (AvgIpc) is 3.17. The predicted molar refractivity (Wildman–Crippen MR) is 94.4 cm³/mol. The van der Waals surface area contributed by atoms with Gasteiger partial charge in [-0.3, -0.25) is 4.99 Å². The van der Waals surface area contributed by atoms with Crippen molar-refractivity contribution in [2.45, 2.75) is 38.3 Å². The van der Waals surface area contributed by atoms with Crippen molar-refractivity contribution in [2.75, 3.05) is 19.6 Å². The minimum atomic E-state index is 0. The van der Waals surface area contributed by atoms with Gasteiger partial charge in [0.25, 0.3) is 0 Å². The first-order chi connectivity index (χ1) is 9.85. The standard InChI is InChI=1S/C15H22N4O.HI/c1-2-16-15(18-12-6-7-12)19-10-8-13(11-19)20-14-5-3-4-9-17-14;/h3-5,9,12-13H,2,6-8,10-11H2,1H3,(H,16,18);1H. The van der Waals surface area contributed by atoms with Gasteiger partial charge in [0.15, 0.2) is 5.96 Å². The molecule has 1 saturated carbocycles. The van der Waals surface area contributed by atoms with Gasteiger partial charge in [0.2, 0.25) is 5.88 Å². The summed E-state index contributed by atoms with van der Waals surface area (Å²) in [6, 6.07) is 6.40. The van der Waals surface area contributed by atoms with E-state index < -0.39 is 0 Å². The molecule has 1 aliphatic heterocycles. The molecule has 0 bridgehead atoms. The van der Waals surface area contributed by atoms with Gasteiger partial charge >= 0.3 is 0 Å². The van der Waals surface area contributed by atoms with Crippen molar-refractivity contribution in [2.24, 2.45) is 4.99 Å². The van der Waals surface area contributed by atoms with Gasteiger partial charge in [-0.1, -0.05) is 6.07 Å². The third-order valence-corrected chi connectivity index (χ3v) is 3.59. The molecule has 1 saturated heterocycles. The molecule has 1 aromatic rings. The fourth-order valence-electron chi connectivity index (χ4n) is 2.40. The Labute approximate surface area is 143 Å². The third kappa shape index (κ3) is 4.72. The van der Waals surface area contributed by atoms with Gasteiger partial charge in [-0.15, -0.1) is 24.0 Å². The smallest absolute Gasteiger partial charge is 0.213 e. The molecule has 2 aliphatic rings. The highest BCUT2D eigenvalue weighted by Gasteiger charge is 2.30.